The van der Waals surface area contributed by atoms with Crippen LogP contribution in [0.5, 0.6) is 0 Å². The molecule has 0 amide bonds. The van der Waals surface area contributed by atoms with E-state index in [0.717, 1.165) is 12.8 Å². The molecule has 0 bridgehead atoms. The lowest BCUT2D eigenvalue weighted by molar-refractivity contribution is -0.152. The quantitative estimate of drug-likeness (QED) is 0.468. The average molecular weight is 170 g/mol. The average Bonchev–Trinajstić information content (AvgIpc) is 2.12. The van der Waals surface area contributed by atoms with Crippen LogP contribution in [0.25, 0.3) is 0 Å². The van der Waals surface area contributed by atoms with Crippen molar-refractivity contribution < 1.29 is 9.53 Å². The Labute approximate surface area is 74.6 Å². The molecule has 0 aromatic heterocycles. The molecule has 0 aliphatic carbocycles. The second-order valence-corrected chi connectivity index (χ2v) is 2.90. The molecule has 70 valence electrons. The molecule has 0 rings (SSSR count). The lowest BCUT2D eigenvalue weighted by Gasteiger charge is -2.15. The van der Waals surface area contributed by atoms with Crippen molar-refractivity contribution in [2.75, 3.05) is 0 Å². The number of hydrogen-bond donors (Lipinski definition) is 0. The van der Waals surface area contributed by atoms with Gasteiger partial charge in [0.05, 0.1) is 5.92 Å². The summed E-state index contributed by atoms with van der Waals surface area (Å²) in [6, 6.07) is 0. The molecular formula is C10H18O2. The molecule has 0 aliphatic rings. The summed E-state index contributed by atoms with van der Waals surface area (Å²) in [4.78, 5) is 11.2. The van der Waals surface area contributed by atoms with E-state index in [-0.39, 0.29) is 18.0 Å². The zero-order chi connectivity index (χ0) is 9.56. The maximum absolute atomic E-state index is 11.2. The number of esters is 1. The second-order valence-electron chi connectivity index (χ2n) is 2.90. The first-order valence-corrected chi connectivity index (χ1v) is 4.48. The van der Waals surface area contributed by atoms with Gasteiger partial charge in [0.1, 0.15) is 6.10 Å². The highest BCUT2D eigenvalue weighted by Gasteiger charge is 2.14. The van der Waals surface area contributed by atoms with Crippen LogP contribution in [0.1, 0.15) is 33.6 Å². The number of rotatable bonds is 5. The van der Waals surface area contributed by atoms with Crippen molar-refractivity contribution in [1.82, 2.24) is 0 Å². The number of ether oxygens (including phenoxy) is 1. The first-order chi connectivity index (χ1) is 5.65. The number of carbonyl (C=O) groups is 1. The van der Waals surface area contributed by atoms with E-state index in [1.54, 1.807) is 13.0 Å². The molecule has 0 N–H and O–H groups in total. The minimum atomic E-state index is -0.189. The van der Waals surface area contributed by atoms with E-state index >= 15 is 0 Å². The molecule has 1 atom stereocenters. The minimum Gasteiger partial charge on any atom is -0.462 e. The first kappa shape index (κ1) is 11.2. The fourth-order valence-electron chi connectivity index (χ4n) is 0.823. The van der Waals surface area contributed by atoms with Gasteiger partial charge in [0.25, 0.3) is 0 Å². The fourth-order valence-corrected chi connectivity index (χ4v) is 0.823. The molecule has 2 nitrogen and oxygen atoms in total. The van der Waals surface area contributed by atoms with Crippen molar-refractivity contribution in [3.05, 3.63) is 12.7 Å². The molecule has 0 spiro atoms. The Balaban J connectivity index is 3.89. The highest BCUT2D eigenvalue weighted by Crippen LogP contribution is 2.07. The third kappa shape index (κ3) is 3.56. The van der Waals surface area contributed by atoms with Crippen LogP contribution < -0.4 is 0 Å². The van der Waals surface area contributed by atoms with Gasteiger partial charge in [-0.25, -0.2) is 0 Å². The Morgan fingerprint density at radius 3 is 2.33 bits per heavy atom. The van der Waals surface area contributed by atoms with Crippen LogP contribution >= 0.6 is 0 Å². The van der Waals surface area contributed by atoms with Gasteiger partial charge in [0.2, 0.25) is 0 Å². The molecule has 0 aromatic carbocycles. The summed E-state index contributed by atoms with van der Waals surface area (Å²) < 4.78 is 5.19. The third-order valence-corrected chi connectivity index (χ3v) is 1.92. The predicted octanol–water partition coefficient (Wildman–Crippen LogP) is 2.54. The molecule has 1 unspecified atom stereocenters. The van der Waals surface area contributed by atoms with E-state index in [2.05, 4.69) is 6.58 Å². The summed E-state index contributed by atoms with van der Waals surface area (Å²) >= 11 is 0. The molecule has 0 fully saturated rings. The summed E-state index contributed by atoms with van der Waals surface area (Å²) in [6.45, 7) is 9.36. The lowest BCUT2D eigenvalue weighted by atomic mass is 10.2. The number of carbonyl (C=O) groups excluding carboxylic acids is 1. The monoisotopic (exact) mass is 170 g/mol. The standard InChI is InChI=1S/C10H18O2/c1-5-8(4)10(11)12-9(6-2)7-3/h5,8-9H,1,6-7H2,2-4H3. The molecule has 0 saturated carbocycles. The summed E-state index contributed by atoms with van der Waals surface area (Å²) in [7, 11) is 0. The lowest BCUT2D eigenvalue weighted by Crippen LogP contribution is -2.20. The van der Waals surface area contributed by atoms with E-state index < -0.39 is 0 Å². The van der Waals surface area contributed by atoms with Crippen LogP contribution in [0.15, 0.2) is 12.7 Å². The van der Waals surface area contributed by atoms with Crippen LogP contribution in [0.3, 0.4) is 0 Å². The third-order valence-electron chi connectivity index (χ3n) is 1.92. The molecule has 0 aromatic rings. The molecule has 12 heavy (non-hydrogen) atoms. The van der Waals surface area contributed by atoms with Gasteiger partial charge in [-0.15, -0.1) is 6.58 Å². The first-order valence-electron chi connectivity index (χ1n) is 4.48. The number of hydrogen-bond acceptors (Lipinski definition) is 2. The Bertz CT molecular complexity index is 148. The Kier molecular flexibility index (Phi) is 5.43. The molecule has 0 radical (unpaired) electrons. The fraction of sp³-hybridized carbons (Fsp3) is 0.700. The normalized spacial score (nSPS) is 12.7. The minimum absolute atomic E-state index is 0.0694. The Morgan fingerprint density at radius 1 is 1.50 bits per heavy atom. The van der Waals surface area contributed by atoms with Gasteiger partial charge in [0.15, 0.2) is 0 Å². The zero-order valence-electron chi connectivity index (χ0n) is 8.17. The van der Waals surface area contributed by atoms with Crippen molar-refractivity contribution in [3.8, 4) is 0 Å². The Hall–Kier alpha value is -0.790. The van der Waals surface area contributed by atoms with Crippen LogP contribution in [0.2, 0.25) is 0 Å². The summed E-state index contributed by atoms with van der Waals surface area (Å²) in [5.41, 5.74) is 0. The van der Waals surface area contributed by atoms with E-state index in [4.69, 9.17) is 4.74 Å². The van der Waals surface area contributed by atoms with Gasteiger partial charge in [-0.1, -0.05) is 19.9 Å². The van der Waals surface area contributed by atoms with Gasteiger partial charge in [-0.05, 0) is 19.8 Å². The van der Waals surface area contributed by atoms with E-state index in [0.29, 0.717) is 0 Å². The highest BCUT2D eigenvalue weighted by molar-refractivity contribution is 5.73. The molecule has 0 saturated heterocycles. The summed E-state index contributed by atoms with van der Waals surface area (Å²) in [5.74, 6) is -0.357. The second kappa shape index (κ2) is 5.81. The highest BCUT2D eigenvalue weighted by atomic mass is 16.5. The van der Waals surface area contributed by atoms with Gasteiger partial charge in [0, 0.05) is 0 Å². The topological polar surface area (TPSA) is 26.3 Å². The zero-order valence-corrected chi connectivity index (χ0v) is 8.17. The summed E-state index contributed by atoms with van der Waals surface area (Å²) in [6.07, 6.45) is 3.43. The predicted molar refractivity (Wildman–Crippen MR) is 49.8 cm³/mol. The van der Waals surface area contributed by atoms with Crippen LogP contribution in [-0.2, 0) is 9.53 Å². The van der Waals surface area contributed by atoms with Crippen molar-refractivity contribution >= 4 is 5.97 Å². The van der Waals surface area contributed by atoms with E-state index in [9.17, 15) is 4.79 Å². The van der Waals surface area contributed by atoms with Crippen molar-refractivity contribution in [3.63, 3.8) is 0 Å². The maximum atomic E-state index is 11.2. The van der Waals surface area contributed by atoms with Crippen LogP contribution in [-0.4, -0.2) is 12.1 Å². The van der Waals surface area contributed by atoms with Crippen LogP contribution in [0.4, 0.5) is 0 Å². The largest absolute Gasteiger partial charge is 0.462 e. The van der Waals surface area contributed by atoms with Gasteiger partial charge in [-0.2, -0.15) is 0 Å². The van der Waals surface area contributed by atoms with E-state index in [1.165, 1.54) is 0 Å². The van der Waals surface area contributed by atoms with Crippen molar-refractivity contribution in [2.24, 2.45) is 5.92 Å². The molecule has 2 heteroatoms. The van der Waals surface area contributed by atoms with Crippen LogP contribution in [0, 0.1) is 5.92 Å². The van der Waals surface area contributed by atoms with Gasteiger partial charge >= 0.3 is 5.97 Å². The Morgan fingerprint density at radius 2 is 2.00 bits per heavy atom. The van der Waals surface area contributed by atoms with Gasteiger partial charge in [-0.3, -0.25) is 4.79 Å². The molecule has 0 heterocycles. The van der Waals surface area contributed by atoms with Gasteiger partial charge < -0.3 is 4.74 Å². The smallest absolute Gasteiger partial charge is 0.312 e. The SMILES string of the molecule is C=CC(C)C(=O)OC(CC)CC. The van der Waals surface area contributed by atoms with E-state index in [1.807, 2.05) is 13.8 Å². The molecular weight excluding hydrogens is 152 g/mol. The summed E-state index contributed by atoms with van der Waals surface area (Å²) in [5, 5.41) is 0. The maximum Gasteiger partial charge on any atom is 0.312 e. The van der Waals surface area contributed by atoms with Crippen molar-refractivity contribution in [2.45, 2.75) is 39.7 Å². The molecule has 0 aliphatic heterocycles. The van der Waals surface area contributed by atoms with Crippen molar-refractivity contribution in [1.29, 1.82) is 0 Å².